The maximum absolute atomic E-state index is 15.2. The van der Waals surface area contributed by atoms with Crippen molar-refractivity contribution >= 4 is 12.7 Å². The molecule has 0 atom stereocenters. The van der Waals surface area contributed by atoms with Gasteiger partial charge in [0.05, 0.1) is 17.8 Å². The van der Waals surface area contributed by atoms with E-state index >= 15 is 4.39 Å². The first-order chi connectivity index (χ1) is 11.3. The molecule has 1 aromatic carbocycles. The van der Waals surface area contributed by atoms with Crippen molar-refractivity contribution in [3.63, 3.8) is 0 Å². The molecule has 0 spiro atoms. The van der Waals surface area contributed by atoms with Crippen molar-refractivity contribution in [1.29, 1.82) is 0 Å². The van der Waals surface area contributed by atoms with Gasteiger partial charge < -0.3 is 14.0 Å². The molecule has 24 heavy (non-hydrogen) atoms. The van der Waals surface area contributed by atoms with Gasteiger partial charge >= 0.3 is 7.12 Å². The lowest BCUT2D eigenvalue weighted by Crippen LogP contribution is -2.41. The topological polar surface area (TPSA) is 27.7 Å². The summed E-state index contributed by atoms with van der Waals surface area (Å²) in [5.74, 6) is 0. The maximum atomic E-state index is 15.2. The minimum atomic E-state index is -0.976. The Labute approximate surface area is 145 Å². The Bertz CT molecular complexity index is 553. The van der Waals surface area contributed by atoms with Crippen molar-refractivity contribution in [2.75, 3.05) is 13.2 Å². The molecular formula is C19H28BFO3. The third kappa shape index (κ3) is 4.27. The van der Waals surface area contributed by atoms with Gasteiger partial charge in [0.1, 0.15) is 5.73 Å². The van der Waals surface area contributed by atoms with Gasteiger partial charge in [-0.2, -0.15) is 0 Å². The standard InChI is InChI=1S/C19H28BFO3/c1-6-13-22-14-12-16(15-10-8-7-9-11-15)17(21)20-23-18(2,3)19(4,5)24-20/h7-11H,6,12-14H2,1-5H3. The van der Waals surface area contributed by atoms with Crippen LogP contribution in [0.1, 0.15) is 53.0 Å². The van der Waals surface area contributed by atoms with E-state index in [0.717, 1.165) is 12.0 Å². The first-order valence-corrected chi connectivity index (χ1v) is 8.66. The van der Waals surface area contributed by atoms with Crippen molar-refractivity contribution in [3.8, 4) is 0 Å². The molecule has 3 nitrogen and oxygen atoms in total. The zero-order valence-electron chi connectivity index (χ0n) is 15.4. The summed E-state index contributed by atoms with van der Waals surface area (Å²) in [7, 11) is -0.976. The van der Waals surface area contributed by atoms with Gasteiger partial charge in [-0.25, -0.2) is 4.39 Å². The van der Waals surface area contributed by atoms with E-state index in [1.54, 1.807) is 0 Å². The fourth-order valence-corrected chi connectivity index (χ4v) is 2.55. The van der Waals surface area contributed by atoms with Crippen LogP contribution in [0.15, 0.2) is 36.1 Å². The first kappa shape index (κ1) is 19.2. The molecule has 0 N–H and O–H groups in total. The number of ether oxygens (including phenoxy) is 1. The summed E-state index contributed by atoms with van der Waals surface area (Å²) in [6, 6.07) is 9.53. The van der Waals surface area contributed by atoms with Gasteiger partial charge in [-0.05, 0) is 51.7 Å². The Morgan fingerprint density at radius 3 is 2.17 bits per heavy atom. The highest BCUT2D eigenvalue weighted by atomic mass is 19.1. The van der Waals surface area contributed by atoms with Crippen molar-refractivity contribution in [3.05, 3.63) is 41.6 Å². The van der Waals surface area contributed by atoms with Gasteiger partial charge in [-0.1, -0.05) is 37.3 Å². The zero-order chi connectivity index (χ0) is 17.8. The Morgan fingerprint density at radius 2 is 1.62 bits per heavy atom. The monoisotopic (exact) mass is 334 g/mol. The third-order valence-electron chi connectivity index (χ3n) is 4.72. The van der Waals surface area contributed by atoms with Gasteiger partial charge in [0.2, 0.25) is 0 Å². The molecule has 0 aliphatic carbocycles. The van der Waals surface area contributed by atoms with Crippen molar-refractivity contribution in [2.24, 2.45) is 0 Å². The molecule has 1 heterocycles. The lowest BCUT2D eigenvalue weighted by molar-refractivity contribution is 0.00578. The van der Waals surface area contributed by atoms with Crippen LogP contribution in [0.2, 0.25) is 0 Å². The lowest BCUT2D eigenvalue weighted by Gasteiger charge is -2.32. The minimum Gasteiger partial charge on any atom is -0.398 e. The van der Waals surface area contributed by atoms with E-state index in [-0.39, 0.29) is 5.73 Å². The average molecular weight is 334 g/mol. The summed E-state index contributed by atoms with van der Waals surface area (Å²) in [5.41, 5.74) is -0.0552. The number of halogens is 1. The molecule has 0 unspecified atom stereocenters. The van der Waals surface area contributed by atoms with Crippen molar-refractivity contribution in [2.45, 2.75) is 58.7 Å². The van der Waals surface area contributed by atoms with Gasteiger partial charge in [-0.15, -0.1) is 0 Å². The average Bonchev–Trinajstić information content (AvgIpc) is 2.76. The van der Waals surface area contributed by atoms with E-state index in [2.05, 4.69) is 6.92 Å². The SMILES string of the molecule is CCCOCCC(=C(F)B1OC(C)(C)C(C)(C)O1)c1ccccc1. The van der Waals surface area contributed by atoms with E-state index in [9.17, 15) is 0 Å². The van der Waals surface area contributed by atoms with Gasteiger partial charge in [-0.3, -0.25) is 0 Å². The second-order valence-electron chi connectivity index (χ2n) is 7.14. The molecule has 0 amide bonds. The highest BCUT2D eigenvalue weighted by molar-refractivity contribution is 6.55. The molecule has 0 saturated carbocycles. The van der Waals surface area contributed by atoms with Crippen molar-refractivity contribution in [1.82, 2.24) is 0 Å². The van der Waals surface area contributed by atoms with E-state index in [1.807, 2.05) is 58.0 Å². The molecule has 0 bridgehead atoms. The molecule has 2 rings (SSSR count). The Hall–Kier alpha value is -1.17. The predicted molar refractivity (Wildman–Crippen MR) is 96.3 cm³/mol. The fraction of sp³-hybridized carbons (Fsp3) is 0.579. The van der Waals surface area contributed by atoms with Crippen molar-refractivity contribution < 1.29 is 18.4 Å². The second kappa shape index (κ2) is 7.81. The highest BCUT2D eigenvalue weighted by Gasteiger charge is 2.53. The molecule has 1 aromatic rings. The minimum absolute atomic E-state index is 0.361. The molecule has 0 radical (unpaired) electrons. The highest BCUT2D eigenvalue weighted by Crippen LogP contribution is 2.40. The smallest absolute Gasteiger partial charge is 0.398 e. The second-order valence-corrected chi connectivity index (χ2v) is 7.14. The lowest BCUT2D eigenvalue weighted by atomic mass is 9.82. The van der Waals surface area contributed by atoms with Crippen LogP contribution < -0.4 is 0 Å². The van der Waals surface area contributed by atoms with Gasteiger partial charge in [0.25, 0.3) is 0 Å². The largest absolute Gasteiger partial charge is 0.525 e. The number of hydrogen-bond donors (Lipinski definition) is 0. The number of benzene rings is 1. The molecule has 5 heteroatoms. The van der Waals surface area contributed by atoms with E-state index in [1.165, 1.54) is 0 Å². The Morgan fingerprint density at radius 1 is 1.04 bits per heavy atom. The van der Waals surface area contributed by atoms with Crippen LogP contribution >= 0.6 is 0 Å². The third-order valence-corrected chi connectivity index (χ3v) is 4.72. The Balaban J connectivity index is 2.26. The summed E-state index contributed by atoms with van der Waals surface area (Å²) in [6.45, 7) is 10.9. The molecule has 1 aliphatic heterocycles. The summed E-state index contributed by atoms with van der Waals surface area (Å²) in [4.78, 5) is 0. The van der Waals surface area contributed by atoms with Gasteiger partial charge in [0.15, 0.2) is 0 Å². The maximum Gasteiger partial charge on any atom is 0.525 e. The zero-order valence-corrected chi connectivity index (χ0v) is 15.4. The summed E-state index contributed by atoms with van der Waals surface area (Å²) < 4.78 is 32.5. The summed E-state index contributed by atoms with van der Waals surface area (Å²) in [6.07, 6.45) is 1.43. The van der Waals surface area contributed by atoms with Crippen LogP contribution in [-0.2, 0) is 14.0 Å². The number of hydrogen-bond acceptors (Lipinski definition) is 3. The van der Waals surface area contributed by atoms with E-state index in [0.29, 0.717) is 25.2 Å². The quantitative estimate of drug-likeness (QED) is 0.529. The number of rotatable bonds is 7. The summed E-state index contributed by atoms with van der Waals surface area (Å²) >= 11 is 0. The molecule has 1 aliphatic rings. The fourth-order valence-electron chi connectivity index (χ4n) is 2.55. The van der Waals surface area contributed by atoms with Crippen LogP contribution in [0.5, 0.6) is 0 Å². The van der Waals surface area contributed by atoms with E-state index < -0.39 is 18.3 Å². The first-order valence-electron chi connectivity index (χ1n) is 8.66. The van der Waals surface area contributed by atoms with Gasteiger partial charge in [0, 0.05) is 6.61 Å². The molecule has 1 saturated heterocycles. The predicted octanol–water partition coefficient (Wildman–Crippen LogP) is 4.82. The van der Waals surface area contributed by atoms with Crippen LogP contribution in [-0.4, -0.2) is 31.5 Å². The molecule has 0 aromatic heterocycles. The van der Waals surface area contributed by atoms with E-state index in [4.69, 9.17) is 14.0 Å². The van der Waals surface area contributed by atoms with Crippen LogP contribution in [0.4, 0.5) is 4.39 Å². The Kier molecular flexibility index (Phi) is 6.24. The normalized spacial score (nSPS) is 20.2. The molecule has 1 fully saturated rings. The van der Waals surface area contributed by atoms with Crippen LogP contribution in [0, 0.1) is 0 Å². The molecule has 132 valence electrons. The van der Waals surface area contributed by atoms with Crippen LogP contribution in [0.3, 0.4) is 0 Å². The van der Waals surface area contributed by atoms with Crippen LogP contribution in [0.25, 0.3) is 5.57 Å². The summed E-state index contributed by atoms with van der Waals surface area (Å²) in [5, 5.41) is 0. The molecular weight excluding hydrogens is 306 g/mol.